The summed E-state index contributed by atoms with van der Waals surface area (Å²) in [6.45, 7) is 0. The summed E-state index contributed by atoms with van der Waals surface area (Å²) in [5.41, 5.74) is 4.65. The Bertz CT molecular complexity index is 877. The average Bonchev–Trinajstić information content (AvgIpc) is 2.95. The minimum absolute atomic E-state index is 0.660. The highest BCUT2D eigenvalue weighted by Crippen LogP contribution is 2.18. The number of carbonyl (C=O) groups excluding carboxylic acids is 1. The molecule has 0 atom stereocenters. The number of rotatable bonds is 2. The van der Waals surface area contributed by atoms with Gasteiger partial charge in [0.15, 0.2) is 0 Å². The lowest BCUT2D eigenvalue weighted by molar-refractivity contribution is 0.112. The van der Waals surface area contributed by atoms with E-state index in [0.29, 0.717) is 5.56 Å². The number of hydrogen-bond donors (Lipinski definition) is 1. The third-order valence-electron chi connectivity index (χ3n) is 3.57. The maximum absolute atomic E-state index is 10.8. The van der Waals surface area contributed by atoms with Crippen LogP contribution in [0.1, 0.15) is 21.5 Å². The standard InChI is InChI=1S/C19H16N2O/c1-21(2)17-8-4-14(5-9-17)3-7-16-12-20-19-11-15(13-22)6-10-18(16)19/h4-6,8-13,20H,1-2H3. The van der Waals surface area contributed by atoms with E-state index in [1.807, 2.05) is 44.6 Å². The molecule has 0 radical (unpaired) electrons. The molecule has 0 unspecified atom stereocenters. The molecule has 0 bridgehead atoms. The predicted molar refractivity (Wildman–Crippen MR) is 90.4 cm³/mol. The zero-order valence-electron chi connectivity index (χ0n) is 12.6. The zero-order chi connectivity index (χ0) is 15.5. The van der Waals surface area contributed by atoms with E-state index < -0.39 is 0 Å². The van der Waals surface area contributed by atoms with E-state index in [1.165, 1.54) is 0 Å². The SMILES string of the molecule is CN(C)c1ccc(C#Cc2c[nH]c3cc(C=O)ccc23)cc1. The lowest BCUT2D eigenvalue weighted by Crippen LogP contribution is -2.07. The Morgan fingerprint density at radius 2 is 1.82 bits per heavy atom. The topological polar surface area (TPSA) is 36.1 Å². The van der Waals surface area contributed by atoms with Crippen molar-refractivity contribution in [3.63, 3.8) is 0 Å². The van der Waals surface area contributed by atoms with E-state index in [1.54, 1.807) is 6.07 Å². The summed E-state index contributed by atoms with van der Waals surface area (Å²) in [5, 5.41) is 1.03. The number of nitrogens with one attached hydrogen (secondary N) is 1. The minimum Gasteiger partial charge on any atom is -0.378 e. The van der Waals surface area contributed by atoms with E-state index in [-0.39, 0.29) is 0 Å². The van der Waals surface area contributed by atoms with Crippen LogP contribution in [0.25, 0.3) is 10.9 Å². The Labute approximate surface area is 129 Å². The molecule has 0 saturated heterocycles. The number of carbonyl (C=O) groups is 1. The second-order valence-corrected chi connectivity index (χ2v) is 5.32. The van der Waals surface area contributed by atoms with Gasteiger partial charge in [-0.15, -0.1) is 0 Å². The van der Waals surface area contributed by atoms with Gasteiger partial charge in [-0.3, -0.25) is 4.79 Å². The summed E-state index contributed by atoms with van der Waals surface area (Å²) in [5.74, 6) is 6.36. The van der Waals surface area contributed by atoms with E-state index >= 15 is 0 Å². The van der Waals surface area contributed by atoms with Crippen molar-refractivity contribution in [2.75, 3.05) is 19.0 Å². The van der Waals surface area contributed by atoms with Crippen molar-refractivity contribution in [1.29, 1.82) is 0 Å². The first kappa shape index (κ1) is 14.0. The highest BCUT2D eigenvalue weighted by Gasteiger charge is 2.02. The number of H-pyrrole nitrogens is 1. The van der Waals surface area contributed by atoms with Crippen molar-refractivity contribution in [1.82, 2.24) is 4.98 Å². The largest absolute Gasteiger partial charge is 0.378 e. The van der Waals surface area contributed by atoms with E-state index in [4.69, 9.17) is 0 Å². The quantitative estimate of drug-likeness (QED) is 0.579. The van der Waals surface area contributed by atoms with Crippen molar-refractivity contribution in [3.05, 3.63) is 65.4 Å². The van der Waals surface area contributed by atoms with Crippen molar-refractivity contribution in [2.45, 2.75) is 0 Å². The summed E-state index contributed by atoms with van der Waals surface area (Å²) >= 11 is 0. The molecule has 0 amide bonds. The van der Waals surface area contributed by atoms with Gasteiger partial charge in [0.2, 0.25) is 0 Å². The van der Waals surface area contributed by atoms with E-state index in [9.17, 15) is 4.79 Å². The summed E-state index contributed by atoms with van der Waals surface area (Å²) in [6, 6.07) is 13.7. The number of aromatic amines is 1. The maximum Gasteiger partial charge on any atom is 0.150 e. The van der Waals surface area contributed by atoms with Gasteiger partial charge >= 0.3 is 0 Å². The van der Waals surface area contributed by atoms with Gasteiger partial charge in [-0.25, -0.2) is 0 Å². The Balaban J connectivity index is 1.92. The second-order valence-electron chi connectivity index (χ2n) is 5.32. The van der Waals surface area contributed by atoms with Crippen LogP contribution >= 0.6 is 0 Å². The van der Waals surface area contributed by atoms with Crippen molar-refractivity contribution < 1.29 is 4.79 Å². The van der Waals surface area contributed by atoms with Crippen LogP contribution in [0.5, 0.6) is 0 Å². The van der Waals surface area contributed by atoms with Crippen LogP contribution in [0.15, 0.2) is 48.7 Å². The van der Waals surface area contributed by atoms with Gasteiger partial charge in [0.25, 0.3) is 0 Å². The van der Waals surface area contributed by atoms with Gasteiger partial charge in [-0.1, -0.05) is 24.0 Å². The molecule has 108 valence electrons. The molecule has 3 heteroatoms. The fraction of sp³-hybridized carbons (Fsp3) is 0.105. The summed E-state index contributed by atoms with van der Waals surface area (Å²) in [4.78, 5) is 16.0. The number of benzene rings is 2. The normalized spacial score (nSPS) is 10.1. The van der Waals surface area contributed by atoms with Gasteiger partial charge in [0.1, 0.15) is 6.29 Å². The molecule has 22 heavy (non-hydrogen) atoms. The number of aldehydes is 1. The zero-order valence-corrected chi connectivity index (χ0v) is 12.6. The summed E-state index contributed by atoms with van der Waals surface area (Å²) in [7, 11) is 4.03. The second kappa shape index (κ2) is 5.79. The van der Waals surface area contributed by atoms with Gasteiger partial charge < -0.3 is 9.88 Å². The number of nitrogens with zero attached hydrogens (tertiary/aromatic N) is 1. The number of aromatic nitrogens is 1. The molecule has 0 aliphatic heterocycles. The molecule has 1 N–H and O–H groups in total. The van der Waals surface area contributed by atoms with Crippen LogP contribution in [-0.2, 0) is 0 Å². The van der Waals surface area contributed by atoms with E-state index in [0.717, 1.165) is 34.0 Å². The first-order valence-electron chi connectivity index (χ1n) is 7.03. The number of fused-ring (bicyclic) bond motifs is 1. The molecular weight excluding hydrogens is 272 g/mol. The fourth-order valence-electron chi connectivity index (χ4n) is 2.30. The molecule has 1 aromatic heterocycles. The molecule has 1 heterocycles. The van der Waals surface area contributed by atoms with Crippen LogP contribution in [0.2, 0.25) is 0 Å². The van der Waals surface area contributed by atoms with Gasteiger partial charge in [0.05, 0.1) is 5.56 Å². The van der Waals surface area contributed by atoms with Crippen LogP contribution in [0.4, 0.5) is 5.69 Å². The fourth-order valence-corrected chi connectivity index (χ4v) is 2.30. The number of anilines is 1. The third kappa shape index (κ3) is 2.72. The Kier molecular flexibility index (Phi) is 3.67. The summed E-state index contributed by atoms with van der Waals surface area (Å²) < 4.78 is 0. The van der Waals surface area contributed by atoms with Crippen molar-refractivity contribution >= 4 is 22.9 Å². The summed E-state index contributed by atoms with van der Waals surface area (Å²) in [6.07, 6.45) is 2.72. The van der Waals surface area contributed by atoms with E-state index in [2.05, 4.69) is 33.9 Å². The molecule has 3 nitrogen and oxygen atoms in total. The highest BCUT2D eigenvalue weighted by atomic mass is 16.1. The molecule has 0 spiro atoms. The molecular formula is C19H16N2O. The monoisotopic (exact) mass is 288 g/mol. The molecule has 3 aromatic rings. The van der Waals surface area contributed by atoms with Crippen LogP contribution in [0, 0.1) is 11.8 Å². The predicted octanol–water partition coefficient (Wildman–Crippen LogP) is 3.45. The molecule has 0 fully saturated rings. The van der Waals surface area contributed by atoms with Crippen molar-refractivity contribution in [2.24, 2.45) is 0 Å². The Hall–Kier alpha value is -2.99. The lowest BCUT2D eigenvalue weighted by atomic mass is 10.1. The first-order chi connectivity index (χ1) is 10.7. The molecule has 0 aliphatic carbocycles. The Morgan fingerprint density at radius 1 is 1.05 bits per heavy atom. The Morgan fingerprint density at radius 3 is 2.50 bits per heavy atom. The third-order valence-corrected chi connectivity index (χ3v) is 3.57. The van der Waals surface area contributed by atoms with Gasteiger partial charge in [-0.2, -0.15) is 0 Å². The van der Waals surface area contributed by atoms with Gasteiger partial charge in [-0.05, 0) is 30.3 Å². The molecule has 0 saturated carbocycles. The highest BCUT2D eigenvalue weighted by molar-refractivity contribution is 5.90. The molecule has 2 aromatic carbocycles. The van der Waals surface area contributed by atoms with Gasteiger partial charge in [0, 0.05) is 48.0 Å². The lowest BCUT2D eigenvalue weighted by Gasteiger charge is -2.11. The molecule has 3 rings (SSSR count). The maximum atomic E-state index is 10.8. The van der Waals surface area contributed by atoms with Crippen LogP contribution < -0.4 is 4.90 Å². The average molecular weight is 288 g/mol. The smallest absolute Gasteiger partial charge is 0.150 e. The number of hydrogen-bond acceptors (Lipinski definition) is 2. The van der Waals surface area contributed by atoms with Crippen LogP contribution in [-0.4, -0.2) is 25.4 Å². The minimum atomic E-state index is 0.660. The molecule has 0 aliphatic rings. The first-order valence-corrected chi connectivity index (χ1v) is 7.03. The van der Waals surface area contributed by atoms with Crippen LogP contribution in [0.3, 0.4) is 0 Å². The van der Waals surface area contributed by atoms with Crippen molar-refractivity contribution in [3.8, 4) is 11.8 Å².